The van der Waals surface area contributed by atoms with Crippen LogP contribution >= 0.6 is 11.8 Å². The maximum absolute atomic E-state index is 12.4. The van der Waals surface area contributed by atoms with E-state index in [-0.39, 0.29) is 29.6 Å². The van der Waals surface area contributed by atoms with E-state index in [1.54, 1.807) is 16.7 Å². The lowest BCUT2D eigenvalue weighted by Gasteiger charge is -2.09. The van der Waals surface area contributed by atoms with Crippen LogP contribution in [0, 0.1) is 6.92 Å². The van der Waals surface area contributed by atoms with Crippen LogP contribution in [0.4, 0.5) is 11.4 Å². The number of carboxylic acids is 1. The predicted octanol–water partition coefficient (Wildman–Crippen LogP) is 3.22. The Morgan fingerprint density at radius 2 is 1.72 bits per heavy atom. The predicted molar refractivity (Wildman–Crippen MR) is 122 cm³/mol. The Morgan fingerprint density at radius 3 is 2.41 bits per heavy atom. The highest BCUT2D eigenvalue weighted by Gasteiger charge is 2.16. The van der Waals surface area contributed by atoms with E-state index in [9.17, 15) is 14.4 Å². The third kappa shape index (κ3) is 6.17. The summed E-state index contributed by atoms with van der Waals surface area (Å²) in [7, 11) is 0. The first kappa shape index (κ1) is 23.0. The first-order chi connectivity index (χ1) is 15.4. The Morgan fingerprint density at radius 1 is 1.00 bits per heavy atom. The molecule has 0 radical (unpaired) electrons. The summed E-state index contributed by atoms with van der Waals surface area (Å²) in [6.45, 7) is 4.43. The van der Waals surface area contributed by atoms with Gasteiger partial charge in [0.2, 0.25) is 11.8 Å². The molecule has 0 aliphatic heterocycles. The number of thioether (sulfide) groups is 1. The van der Waals surface area contributed by atoms with E-state index in [0.717, 1.165) is 5.56 Å². The summed E-state index contributed by atoms with van der Waals surface area (Å²) in [6.07, 6.45) is 0.0590. The van der Waals surface area contributed by atoms with Gasteiger partial charge in [-0.15, -0.1) is 10.2 Å². The lowest BCUT2D eigenvalue weighted by atomic mass is 10.2. The summed E-state index contributed by atoms with van der Waals surface area (Å²) in [5, 5.41) is 23.3. The molecular formula is C22H23N5O4S. The molecule has 2 aromatic carbocycles. The van der Waals surface area contributed by atoms with Crippen LogP contribution in [-0.4, -0.2) is 43.4 Å². The molecule has 3 N–H and O–H groups in total. The number of aryl methyl sites for hydroxylation is 1. The van der Waals surface area contributed by atoms with Crippen molar-refractivity contribution in [3.05, 3.63) is 65.5 Å². The van der Waals surface area contributed by atoms with Crippen LogP contribution in [0.2, 0.25) is 0 Å². The quantitative estimate of drug-likeness (QED) is 0.425. The molecule has 2 amide bonds. The van der Waals surface area contributed by atoms with Crippen molar-refractivity contribution in [2.45, 2.75) is 32.0 Å². The van der Waals surface area contributed by atoms with Gasteiger partial charge < -0.3 is 20.3 Å². The van der Waals surface area contributed by atoms with Crippen molar-refractivity contribution in [3.8, 4) is 0 Å². The summed E-state index contributed by atoms with van der Waals surface area (Å²) in [5.74, 6) is -1.00. The fourth-order valence-electron chi connectivity index (χ4n) is 2.92. The molecule has 0 atom stereocenters. The van der Waals surface area contributed by atoms with Crippen LogP contribution in [0.1, 0.15) is 28.7 Å². The number of nitrogens with zero attached hydrogens (tertiary/aromatic N) is 3. The van der Waals surface area contributed by atoms with Crippen molar-refractivity contribution < 1.29 is 19.5 Å². The number of benzene rings is 2. The first-order valence-corrected chi connectivity index (χ1v) is 10.9. The number of anilines is 2. The van der Waals surface area contributed by atoms with Crippen molar-refractivity contribution in [1.82, 2.24) is 14.8 Å². The lowest BCUT2D eigenvalue weighted by molar-refractivity contribution is -0.116. The van der Waals surface area contributed by atoms with Crippen molar-refractivity contribution in [3.63, 3.8) is 0 Å². The summed E-state index contributed by atoms with van der Waals surface area (Å²) in [6, 6.07) is 13.5. The van der Waals surface area contributed by atoms with Crippen LogP contribution in [0.5, 0.6) is 0 Å². The number of carbonyl (C=O) groups excluding carboxylic acids is 2. The second-order valence-electron chi connectivity index (χ2n) is 6.96. The van der Waals surface area contributed by atoms with Gasteiger partial charge in [0.25, 0.3) is 0 Å². The monoisotopic (exact) mass is 453 g/mol. The maximum Gasteiger partial charge on any atom is 0.335 e. The third-order valence-corrected chi connectivity index (χ3v) is 5.46. The Hall–Kier alpha value is -3.66. The number of aromatic nitrogens is 3. The van der Waals surface area contributed by atoms with Crippen molar-refractivity contribution in [2.24, 2.45) is 0 Å². The van der Waals surface area contributed by atoms with Gasteiger partial charge in [0.15, 0.2) is 5.16 Å². The number of hydrogen-bond acceptors (Lipinski definition) is 6. The Balaban J connectivity index is 1.57. The zero-order chi connectivity index (χ0) is 23.1. The molecule has 32 heavy (non-hydrogen) atoms. The van der Waals surface area contributed by atoms with E-state index in [1.807, 2.05) is 38.1 Å². The molecule has 0 aliphatic rings. The molecule has 0 fully saturated rings. The topological polar surface area (TPSA) is 126 Å². The summed E-state index contributed by atoms with van der Waals surface area (Å²) in [4.78, 5) is 35.7. The van der Waals surface area contributed by atoms with Gasteiger partial charge in [-0.3, -0.25) is 9.59 Å². The van der Waals surface area contributed by atoms with Crippen LogP contribution in [0.3, 0.4) is 0 Å². The zero-order valence-electron chi connectivity index (χ0n) is 17.7. The molecule has 10 heteroatoms. The number of hydrogen-bond donors (Lipinski definition) is 3. The third-order valence-electron chi connectivity index (χ3n) is 4.49. The van der Waals surface area contributed by atoms with Gasteiger partial charge in [0.05, 0.1) is 17.7 Å². The summed E-state index contributed by atoms with van der Waals surface area (Å²) < 4.78 is 1.79. The molecule has 0 bridgehead atoms. The maximum atomic E-state index is 12.4. The molecule has 3 aromatic rings. The fourth-order valence-corrected chi connectivity index (χ4v) is 3.74. The average molecular weight is 454 g/mol. The minimum Gasteiger partial charge on any atom is -0.478 e. The molecule has 3 rings (SSSR count). The van der Waals surface area contributed by atoms with Crippen molar-refractivity contribution in [1.29, 1.82) is 0 Å². The standard InChI is InChI=1S/C22H23N5O4S/c1-3-27-18(12-19(28)23-16-9-7-14(2)8-10-16)25-26-22(27)32-13-20(29)24-17-6-4-5-15(11-17)21(30)31/h4-11H,3,12-13H2,1-2H3,(H,23,28)(H,24,29)(H,30,31). The van der Waals surface area contributed by atoms with E-state index in [4.69, 9.17) is 5.11 Å². The van der Waals surface area contributed by atoms with Gasteiger partial charge in [0.1, 0.15) is 5.82 Å². The highest BCUT2D eigenvalue weighted by atomic mass is 32.2. The second-order valence-corrected chi connectivity index (χ2v) is 7.90. The van der Waals surface area contributed by atoms with Gasteiger partial charge >= 0.3 is 5.97 Å². The Kier molecular flexibility index (Phi) is 7.61. The number of amides is 2. The Labute approximate surface area is 189 Å². The molecule has 9 nitrogen and oxygen atoms in total. The average Bonchev–Trinajstić information content (AvgIpc) is 3.15. The van der Waals surface area contributed by atoms with Crippen LogP contribution in [-0.2, 0) is 22.6 Å². The molecule has 0 saturated carbocycles. The van der Waals surface area contributed by atoms with Gasteiger partial charge in [-0.25, -0.2) is 4.79 Å². The normalized spacial score (nSPS) is 10.6. The molecule has 0 spiro atoms. The molecule has 1 heterocycles. The SMILES string of the molecule is CCn1c(CC(=O)Nc2ccc(C)cc2)nnc1SCC(=O)Nc1cccc(C(=O)O)c1. The fraction of sp³-hybridized carbons (Fsp3) is 0.227. The smallest absolute Gasteiger partial charge is 0.335 e. The van der Waals surface area contributed by atoms with Crippen LogP contribution < -0.4 is 10.6 Å². The highest BCUT2D eigenvalue weighted by molar-refractivity contribution is 7.99. The Bertz CT molecular complexity index is 1130. The van der Waals surface area contributed by atoms with E-state index in [1.165, 1.54) is 23.9 Å². The van der Waals surface area contributed by atoms with E-state index >= 15 is 0 Å². The molecule has 0 unspecified atom stereocenters. The van der Waals surface area contributed by atoms with Crippen LogP contribution in [0.25, 0.3) is 0 Å². The number of rotatable bonds is 9. The first-order valence-electron chi connectivity index (χ1n) is 9.90. The van der Waals surface area contributed by atoms with Gasteiger partial charge in [-0.1, -0.05) is 35.5 Å². The van der Waals surface area contributed by atoms with Crippen molar-refractivity contribution in [2.75, 3.05) is 16.4 Å². The number of carboxylic acid groups (broad SMARTS) is 1. The van der Waals surface area contributed by atoms with Crippen molar-refractivity contribution >= 4 is 40.9 Å². The second kappa shape index (κ2) is 10.6. The largest absolute Gasteiger partial charge is 0.478 e. The minimum atomic E-state index is -1.06. The van der Waals surface area contributed by atoms with Gasteiger partial charge in [0, 0.05) is 17.9 Å². The van der Waals surface area contributed by atoms with E-state index in [0.29, 0.717) is 28.9 Å². The molecule has 0 aliphatic carbocycles. The number of aromatic carboxylic acids is 1. The van der Waals surface area contributed by atoms with E-state index in [2.05, 4.69) is 20.8 Å². The number of nitrogens with one attached hydrogen (secondary N) is 2. The molecule has 1 aromatic heterocycles. The molecular weight excluding hydrogens is 430 g/mol. The molecule has 166 valence electrons. The highest BCUT2D eigenvalue weighted by Crippen LogP contribution is 2.19. The number of carbonyl (C=O) groups is 3. The lowest BCUT2D eigenvalue weighted by Crippen LogP contribution is -2.18. The summed E-state index contributed by atoms with van der Waals surface area (Å²) >= 11 is 1.19. The van der Waals surface area contributed by atoms with Crippen LogP contribution in [0.15, 0.2) is 53.7 Å². The summed E-state index contributed by atoms with van der Waals surface area (Å²) in [5.41, 5.74) is 2.31. The zero-order valence-corrected chi connectivity index (χ0v) is 18.5. The molecule has 0 saturated heterocycles. The van der Waals surface area contributed by atoms with Gasteiger partial charge in [-0.05, 0) is 44.2 Å². The minimum absolute atomic E-state index is 0.0590. The van der Waals surface area contributed by atoms with Gasteiger partial charge in [-0.2, -0.15) is 0 Å². The van der Waals surface area contributed by atoms with E-state index < -0.39 is 5.97 Å².